The molecule has 0 radical (unpaired) electrons. The van der Waals surface area contributed by atoms with Crippen LogP contribution in [0, 0.1) is 13.8 Å². The van der Waals surface area contributed by atoms with Crippen molar-refractivity contribution >= 4 is 5.91 Å². The van der Waals surface area contributed by atoms with Crippen molar-refractivity contribution in [2.24, 2.45) is 0 Å². The lowest BCUT2D eigenvalue weighted by molar-refractivity contribution is -0.117. The number of nitrogens with zero attached hydrogens (tertiary/aromatic N) is 2. The first-order valence-corrected chi connectivity index (χ1v) is 6.54. The van der Waals surface area contributed by atoms with Gasteiger partial charge in [0.1, 0.15) is 5.82 Å². The van der Waals surface area contributed by atoms with E-state index in [1.54, 1.807) is 6.92 Å². The minimum atomic E-state index is -0.142. The molecular weight excluding hydrogens is 250 g/mol. The molecule has 1 N–H and O–H groups in total. The maximum absolute atomic E-state index is 11.5. The lowest BCUT2D eigenvalue weighted by atomic mass is 10.2. The Morgan fingerprint density at radius 2 is 1.95 bits per heavy atom. The molecule has 0 spiro atoms. The van der Waals surface area contributed by atoms with Gasteiger partial charge in [-0.25, -0.2) is 4.98 Å². The van der Waals surface area contributed by atoms with Crippen LogP contribution in [0.4, 0.5) is 0 Å². The minimum Gasteiger partial charge on any atom is -0.347 e. The van der Waals surface area contributed by atoms with E-state index in [0.29, 0.717) is 12.1 Å². The number of para-hydroxylation sites is 1. The summed E-state index contributed by atoms with van der Waals surface area (Å²) >= 11 is 0. The van der Waals surface area contributed by atoms with Crippen LogP contribution in [0.3, 0.4) is 0 Å². The molecule has 1 aromatic carbocycles. The molecular formula is C16H19N3O. The van der Waals surface area contributed by atoms with Gasteiger partial charge in [0.2, 0.25) is 5.91 Å². The maximum Gasteiger partial charge on any atom is 0.246 e. The molecule has 2 rings (SSSR count). The number of imidazole rings is 1. The first-order valence-electron chi connectivity index (χ1n) is 6.54. The van der Waals surface area contributed by atoms with Gasteiger partial charge in [0.25, 0.3) is 0 Å². The molecule has 0 aliphatic heterocycles. The number of carbonyl (C=O) groups excluding carboxylic acids is 1. The van der Waals surface area contributed by atoms with E-state index >= 15 is 0 Å². The van der Waals surface area contributed by atoms with Gasteiger partial charge in [-0.3, -0.25) is 4.79 Å². The highest BCUT2D eigenvalue weighted by molar-refractivity contribution is 5.91. The van der Waals surface area contributed by atoms with Gasteiger partial charge in [-0.1, -0.05) is 24.8 Å². The van der Waals surface area contributed by atoms with Crippen molar-refractivity contribution in [3.05, 3.63) is 59.7 Å². The molecule has 1 aromatic heterocycles. The van der Waals surface area contributed by atoms with Crippen LogP contribution in [0.15, 0.2) is 42.5 Å². The van der Waals surface area contributed by atoms with Crippen LogP contribution in [0.2, 0.25) is 0 Å². The van der Waals surface area contributed by atoms with Gasteiger partial charge in [-0.15, -0.1) is 0 Å². The summed E-state index contributed by atoms with van der Waals surface area (Å²) < 4.78 is 2.09. The van der Waals surface area contributed by atoms with Crippen LogP contribution in [0.5, 0.6) is 0 Å². The number of hydrogen-bond acceptors (Lipinski definition) is 2. The zero-order chi connectivity index (χ0) is 14.7. The number of amides is 1. The van der Waals surface area contributed by atoms with E-state index in [0.717, 1.165) is 22.9 Å². The average molecular weight is 269 g/mol. The van der Waals surface area contributed by atoms with E-state index in [1.807, 2.05) is 44.2 Å². The number of aryl methyl sites for hydroxylation is 1. The standard InChI is InChI=1S/C16H19N3O/c1-11(2)16(20)17-10-15-12(3)19(13(4)18-15)14-8-6-5-7-9-14/h5-9H,1,10H2,2-4H3,(H,17,20). The van der Waals surface area contributed by atoms with Crippen molar-refractivity contribution in [1.29, 1.82) is 0 Å². The molecule has 104 valence electrons. The Labute approximate surface area is 119 Å². The quantitative estimate of drug-likeness (QED) is 0.867. The van der Waals surface area contributed by atoms with Crippen LogP contribution in [-0.4, -0.2) is 15.5 Å². The Hall–Kier alpha value is -2.36. The Balaban J connectivity index is 2.26. The van der Waals surface area contributed by atoms with E-state index in [4.69, 9.17) is 0 Å². The summed E-state index contributed by atoms with van der Waals surface area (Å²) in [5, 5.41) is 2.82. The predicted octanol–water partition coefficient (Wildman–Crippen LogP) is 2.68. The lowest BCUT2D eigenvalue weighted by Gasteiger charge is -2.08. The largest absolute Gasteiger partial charge is 0.347 e. The zero-order valence-electron chi connectivity index (χ0n) is 12.1. The van der Waals surface area contributed by atoms with Gasteiger partial charge in [-0.2, -0.15) is 0 Å². The van der Waals surface area contributed by atoms with Gasteiger partial charge in [0.05, 0.1) is 12.2 Å². The zero-order valence-corrected chi connectivity index (χ0v) is 12.1. The molecule has 0 atom stereocenters. The number of rotatable bonds is 4. The van der Waals surface area contributed by atoms with E-state index in [-0.39, 0.29) is 5.91 Å². The molecule has 0 saturated heterocycles. The molecule has 2 aromatic rings. The normalized spacial score (nSPS) is 10.3. The van der Waals surface area contributed by atoms with E-state index in [2.05, 4.69) is 21.4 Å². The summed E-state index contributed by atoms with van der Waals surface area (Å²) in [6.45, 7) is 9.70. The summed E-state index contributed by atoms with van der Waals surface area (Å²) in [7, 11) is 0. The number of benzene rings is 1. The Bertz CT molecular complexity index is 641. The van der Waals surface area contributed by atoms with Crippen molar-refractivity contribution in [1.82, 2.24) is 14.9 Å². The van der Waals surface area contributed by atoms with E-state index in [1.165, 1.54) is 0 Å². The second kappa shape index (κ2) is 5.74. The molecule has 1 amide bonds. The molecule has 0 aliphatic rings. The molecule has 4 nitrogen and oxygen atoms in total. The fourth-order valence-corrected chi connectivity index (χ4v) is 2.14. The molecule has 0 saturated carbocycles. The summed E-state index contributed by atoms with van der Waals surface area (Å²) in [6, 6.07) is 10.1. The molecule has 0 unspecified atom stereocenters. The molecule has 0 bridgehead atoms. The smallest absolute Gasteiger partial charge is 0.246 e. The topological polar surface area (TPSA) is 46.9 Å². The minimum absolute atomic E-state index is 0.142. The summed E-state index contributed by atoms with van der Waals surface area (Å²) in [5.74, 6) is 0.768. The number of aromatic nitrogens is 2. The van der Waals surface area contributed by atoms with Crippen LogP contribution in [-0.2, 0) is 11.3 Å². The summed E-state index contributed by atoms with van der Waals surface area (Å²) in [6.07, 6.45) is 0. The molecule has 20 heavy (non-hydrogen) atoms. The number of carbonyl (C=O) groups is 1. The van der Waals surface area contributed by atoms with Crippen LogP contribution in [0.25, 0.3) is 5.69 Å². The summed E-state index contributed by atoms with van der Waals surface area (Å²) in [5.41, 5.74) is 3.49. The second-order valence-corrected chi connectivity index (χ2v) is 4.83. The maximum atomic E-state index is 11.5. The predicted molar refractivity (Wildman–Crippen MR) is 79.7 cm³/mol. The fourth-order valence-electron chi connectivity index (χ4n) is 2.14. The molecule has 1 heterocycles. The van der Waals surface area contributed by atoms with Gasteiger partial charge in [0, 0.05) is 17.0 Å². The first kappa shape index (κ1) is 14.1. The third-order valence-corrected chi connectivity index (χ3v) is 3.19. The van der Waals surface area contributed by atoms with Gasteiger partial charge in [-0.05, 0) is 32.9 Å². The third-order valence-electron chi connectivity index (χ3n) is 3.19. The number of nitrogens with one attached hydrogen (secondary N) is 1. The molecule has 0 fully saturated rings. The fraction of sp³-hybridized carbons (Fsp3) is 0.250. The molecule has 0 aliphatic carbocycles. The SMILES string of the molecule is C=C(C)C(=O)NCc1nc(C)n(-c2ccccc2)c1C. The molecule has 4 heteroatoms. The van der Waals surface area contributed by atoms with Gasteiger partial charge >= 0.3 is 0 Å². The van der Waals surface area contributed by atoms with Crippen molar-refractivity contribution in [2.75, 3.05) is 0 Å². The lowest BCUT2D eigenvalue weighted by Crippen LogP contribution is -2.23. The van der Waals surface area contributed by atoms with Crippen molar-refractivity contribution < 1.29 is 4.79 Å². The Morgan fingerprint density at radius 3 is 2.55 bits per heavy atom. The Kier molecular flexibility index (Phi) is 4.03. The summed E-state index contributed by atoms with van der Waals surface area (Å²) in [4.78, 5) is 16.1. The highest BCUT2D eigenvalue weighted by atomic mass is 16.1. The van der Waals surface area contributed by atoms with Crippen molar-refractivity contribution in [2.45, 2.75) is 27.3 Å². The first-order chi connectivity index (χ1) is 9.50. The second-order valence-electron chi connectivity index (χ2n) is 4.83. The van der Waals surface area contributed by atoms with Gasteiger partial charge in [0.15, 0.2) is 0 Å². The van der Waals surface area contributed by atoms with Crippen LogP contribution < -0.4 is 5.32 Å². The van der Waals surface area contributed by atoms with Crippen LogP contribution >= 0.6 is 0 Å². The highest BCUT2D eigenvalue weighted by Crippen LogP contribution is 2.17. The van der Waals surface area contributed by atoms with Crippen LogP contribution in [0.1, 0.15) is 24.1 Å². The monoisotopic (exact) mass is 269 g/mol. The van der Waals surface area contributed by atoms with Gasteiger partial charge < -0.3 is 9.88 Å². The number of hydrogen-bond donors (Lipinski definition) is 1. The van der Waals surface area contributed by atoms with E-state index in [9.17, 15) is 4.79 Å². The van der Waals surface area contributed by atoms with Crippen molar-refractivity contribution in [3.63, 3.8) is 0 Å². The van der Waals surface area contributed by atoms with E-state index < -0.39 is 0 Å². The Morgan fingerprint density at radius 1 is 1.30 bits per heavy atom. The highest BCUT2D eigenvalue weighted by Gasteiger charge is 2.13. The van der Waals surface area contributed by atoms with Crippen molar-refractivity contribution in [3.8, 4) is 5.69 Å². The average Bonchev–Trinajstić information content (AvgIpc) is 2.71. The third kappa shape index (κ3) is 2.79.